The molecule has 0 radical (unpaired) electrons. The van der Waals surface area contributed by atoms with Gasteiger partial charge in [-0.15, -0.1) is 0 Å². The Kier molecular flexibility index (Phi) is 7.46. The fourth-order valence-electron chi connectivity index (χ4n) is 2.41. The molecule has 1 atom stereocenters. The van der Waals surface area contributed by atoms with Crippen molar-refractivity contribution in [1.29, 1.82) is 0 Å². The van der Waals surface area contributed by atoms with Gasteiger partial charge in [-0.2, -0.15) is 0 Å². The lowest BCUT2D eigenvalue weighted by molar-refractivity contribution is -0.118. The summed E-state index contributed by atoms with van der Waals surface area (Å²) in [5.41, 5.74) is 2.34. The zero-order valence-corrected chi connectivity index (χ0v) is 13.4. The fraction of sp³-hybridized carbons (Fsp3) is 0.316. The van der Waals surface area contributed by atoms with E-state index in [4.69, 9.17) is 9.47 Å². The van der Waals surface area contributed by atoms with Gasteiger partial charge >= 0.3 is 0 Å². The molecule has 4 nitrogen and oxygen atoms in total. The number of hydrogen-bond donors (Lipinski definition) is 0. The van der Waals surface area contributed by atoms with Gasteiger partial charge in [-0.25, -0.2) is 0 Å². The molecule has 2 aromatic carbocycles. The Morgan fingerprint density at radius 2 is 1.48 bits per heavy atom. The summed E-state index contributed by atoms with van der Waals surface area (Å²) in [6, 6.07) is 20.0. The van der Waals surface area contributed by atoms with Gasteiger partial charge in [-0.1, -0.05) is 60.7 Å². The number of methoxy groups -OCH3 is 1. The van der Waals surface area contributed by atoms with Gasteiger partial charge in [0.15, 0.2) is 0 Å². The van der Waals surface area contributed by atoms with Crippen molar-refractivity contribution >= 4 is 6.29 Å². The Morgan fingerprint density at radius 1 is 0.957 bits per heavy atom. The van der Waals surface area contributed by atoms with E-state index in [0.29, 0.717) is 19.7 Å². The second-order valence-corrected chi connectivity index (χ2v) is 5.36. The minimum absolute atomic E-state index is 0.189. The van der Waals surface area contributed by atoms with Crippen LogP contribution in [0.15, 0.2) is 60.7 Å². The zero-order chi connectivity index (χ0) is 16.3. The minimum Gasteiger partial charge on any atom is -0.359 e. The summed E-state index contributed by atoms with van der Waals surface area (Å²) < 4.78 is 10.3. The van der Waals surface area contributed by atoms with Crippen molar-refractivity contribution in [3.05, 3.63) is 71.8 Å². The Hall–Kier alpha value is -2.01. The van der Waals surface area contributed by atoms with E-state index in [2.05, 4.69) is 29.2 Å². The average molecular weight is 313 g/mol. The standard InChI is InChI=1S/C19H23NO3/c1-22-16-23-15-19(14-21)20(12-17-8-4-2-5-9-17)13-18-10-6-3-7-11-18/h2-11,14,19H,12-13,15-16H2,1H3/t19-/m1/s1. The third kappa shape index (κ3) is 5.94. The molecule has 0 saturated heterocycles. The first-order chi connectivity index (χ1) is 11.3. The van der Waals surface area contributed by atoms with Crippen LogP contribution in [-0.4, -0.2) is 37.7 Å². The van der Waals surface area contributed by atoms with Crippen LogP contribution in [-0.2, 0) is 27.4 Å². The molecule has 122 valence electrons. The SMILES string of the molecule is COCOC[C@@H](C=O)N(Cc1ccccc1)Cc1ccccc1. The lowest BCUT2D eigenvalue weighted by atomic mass is 10.1. The number of carbonyl (C=O) groups is 1. The quantitative estimate of drug-likeness (QED) is 0.384. The molecular formula is C19H23NO3. The molecular weight excluding hydrogens is 290 g/mol. The van der Waals surface area contributed by atoms with Crippen molar-refractivity contribution < 1.29 is 14.3 Å². The number of hydrogen-bond acceptors (Lipinski definition) is 4. The van der Waals surface area contributed by atoms with Crippen molar-refractivity contribution in [2.75, 3.05) is 20.5 Å². The Morgan fingerprint density at radius 3 is 1.91 bits per heavy atom. The van der Waals surface area contributed by atoms with Gasteiger partial charge in [-0.05, 0) is 11.1 Å². The molecule has 0 bridgehead atoms. The molecule has 0 amide bonds. The van der Waals surface area contributed by atoms with E-state index in [0.717, 1.165) is 6.29 Å². The molecule has 0 aliphatic rings. The van der Waals surface area contributed by atoms with Gasteiger partial charge in [0.2, 0.25) is 0 Å². The fourth-order valence-corrected chi connectivity index (χ4v) is 2.41. The molecule has 0 saturated carbocycles. The normalized spacial score (nSPS) is 12.3. The van der Waals surface area contributed by atoms with Gasteiger partial charge in [0.25, 0.3) is 0 Å². The number of carbonyl (C=O) groups excluding carboxylic acids is 1. The van der Waals surface area contributed by atoms with Gasteiger partial charge in [0.05, 0.1) is 12.6 Å². The molecule has 4 heteroatoms. The molecule has 2 rings (SSSR count). The van der Waals surface area contributed by atoms with Crippen LogP contribution in [0.3, 0.4) is 0 Å². The molecule has 2 aromatic rings. The summed E-state index contributed by atoms with van der Waals surface area (Å²) in [6.45, 7) is 1.89. The highest BCUT2D eigenvalue weighted by atomic mass is 16.7. The molecule has 0 heterocycles. The highest BCUT2D eigenvalue weighted by molar-refractivity contribution is 5.57. The Bertz CT molecular complexity index is 518. The van der Waals surface area contributed by atoms with E-state index in [1.807, 2.05) is 36.4 Å². The molecule has 23 heavy (non-hydrogen) atoms. The molecule has 0 aliphatic carbocycles. The maximum Gasteiger partial charge on any atom is 0.146 e. The maximum atomic E-state index is 11.6. The highest BCUT2D eigenvalue weighted by Crippen LogP contribution is 2.13. The summed E-state index contributed by atoms with van der Waals surface area (Å²) in [5, 5.41) is 0. The van der Waals surface area contributed by atoms with E-state index >= 15 is 0 Å². The lowest BCUT2D eigenvalue weighted by Crippen LogP contribution is -2.39. The number of ether oxygens (including phenoxy) is 2. The topological polar surface area (TPSA) is 38.8 Å². The van der Waals surface area contributed by atoms with E-state index in [1.165, 1.54) is 11.1 Å². The average Bonchev–Trinajstić information content (AvgIpc) is 2.60. The number of nitrogens with zero attached hydrogens (tertiary/aromatic N) is 1. The third-order valence-electron chi connectivity index (χ3n) is 3.57. The van der Waals surface area contributed by atoms with Crippen LogP contribution in [0.25, 0.3) is 0 Å². The molecule has 0 aliphatic heterocycles. The van der Waals surface area contributed by atoms with E-state index in [9.17, 15) is 4.79 Å². The molecule has 0 unspecified atom stereocenters. The summed E-state index contributed by atoms with van der Waals surface area (Å²) in [5.74, 6) is 0. The number of rotatable bonds is 10. The van der Waals surface area contributed by atoms with Gasteiger partial charge < -0.3 is 14.3 Å². The maximum absolute atomic E-state index is 11.6. The molecule has 0 aromatic heterocycles. The van der Waals surface area contributed by atoms with E-state index in [1.54, 1.807) is 7.11 Å². The van der Waals surface area contributed by atoms with Crippen LogP contribution < -0.4 is 0 Å². The first kappa shape index (κ1) is 17.3. The smallest absolute Gasteiger partial charge is 0.146 e. The van der Waals surface area contributed by atoms with Crippen LogP contribution >= 0.6 is 0 Å². The van der Waals surface area contributed by atoms with Gasteiger partial charge in [-0.3, -0.25) is 4.90 Å². The second-order valence-electron chi connectivity index (χ2n) is 5.36. The number of aldehydes is 1. The van der Waals surface area contributed by atoms with Crippen molar-refractivity contribution in [2.45, 2.75) is 19.1 Å². The Balaban J connectivity index is 2.10. The van der Waals surface area contributed by atoms with E-state index < -0.39 is 0 Å². The first-order valence-electron chi connectivity index (χ1n) is 7.67. The zero-order valence-electron chi connectivity index (χ0n) is 13.4. The molecule has 0 N–H and O–H groups in total. The number of benzene rings is 2. The van der Waals surface area contributed by atoms with E-state index in [-0.39, 0.29) is 12.8 Å². The van der Waals surface area contributed by atoms with Gasteiger partial charge in [0, 0.05) is 20.2 Å². The van der Waals surface area contributed by atoms with Gasteiger partial charge in [0.1, 0.15) is 13.1 Å². The predicted octanol–water partition coefficient (Wildman–Crippen LogP) is 2.88. The van der Waals surface area contributed by atoms with Crippen molar-refractivity contribution in [3.8, 4) is 0 Å². The summed E-state index contributed by atoms with van der Waals surface area (Å²) >= 11 is 0. The van der Waals surface area contributed by atoms with Crippen LogP contribution in [0.5, 0.6) is 0 Å². The van der Waals surface area contributed by atoms with Crippen LogP contribution in [0, 0.1) is 0 Å². The van der Waals surface area contributed by atoms with Crippen molar-refractivity contribution in [1.82, 2.24) is 4.90 Å². The third-order valence-corrected chi connectivity index (χ3v) is 3.57. The predicted molar refractivity (Wildman–Crippen MR) is 89.8 cm³/mol. The minimum atomic E-state index is -0.314. The Labute approximate surface area is 137 Å². The molecule has 0 fully saturated rings. The van der Waals surface area contributed by atoms with Crippen molar-refractivity contribution in [3.63, 3.8) is 0 Å². The molecule has 0 spiro atoms. The monoisotopic (exact) mass is 313 g/mol. The first-order valence-corrected chi connectivity index (χ1v) is 7.67. The van der Waals surface area contributed by atoms with Crippen LogP contribution in [0.1, 0.15) is 11.1 Å². The van der Waals surface area contributed by atoms with Crippen LogP contribution in [0.4, 0.5) is 0 Å². The highest BCUT2D eigenvalue weighted by Gasteiger charge is 2.19. The van der Waals surface area contributed by atoms with Crippen molar-refractivity contribution in [2.24, 2.45) is 0 Å². The lowest BCUT2D eigenvalue weighted by Gasteiger charge is -2.28. The summed E-state index contributed by atoms with van der Waals surface area (Å²) in [6.07, 6.45) is 0.946. The summed E-state index contributed by atoms with van der Waals surface area (Å²) in [4.78, 5) is 13.7. The largest absolute Gasteiger partial charge is 0.359 e. The second kappa shape index (κ2) is 9.90. The van der Waals surface area contributed by atoms with Crippen LogP contribution in [0.2, 0.25) is 0 Å². The summed E-state index contributed by atoms with van der Waals surface area (Å²) in [7, 11) is 1.57.